The molecular weight excluding hydrogens is 226 g/mol. The van der Waals surface area contributed by atoms with Crippen LogP contribution in [-0.2, 0) is 57.4 Å². The Labute approximate surface area is 57.2 Å². The first kappa shape index (κ1) is 17.8. The Balaban J connectivity index is -0.00000000500. The second kappa shape index (κ2) is 24.5. The van der Waals surface area contributed by atoms with Crippen molar-refractivity contribution in [2.75, 3.05) is 0 Å². The number of hydrogen-bond acceptors (Lipinski definition) is 1. The van der Waals surface area contributed by atoms with Crippen LogP contribution in [0.25, 0.3) is 0 Å². The summed E-state index contributed by atoms with van der Waals surface area (Å²) in [6.07, 6.45) is 0. The van der Waals surface area contributed by atoms with E-state index in [1.807, 2.05) is 0 Å². The maximum absolute atomic E-state index is 7.88. The predicted molar refractivity (Wildman–Crippen MR) is 0.686 cm³/mol. The van der Waals surface area contributed by atoms with Gasteiger partial charge in [-0.05, 0) is 0 Å². The van der Waals surface area contributed by atoms with Gasteiger partial charge in [-0.3, -0.25) is 0 Å². The summed E-state index contributed by atoms with van der Waals surface area (Å²) < 4.78 is 7.88. The van der Waals surface area contributed by atoms with Gasteiger partial charge in [-0.1, -0.05) is 0 Å². The molecule has 0 saturated heterocycles. The molecule has 0 saturated carbocycles. The average Bonchev–Trinajstić information content (AvgIpc) is 1.00. The standard InChI is InChI=1S/Mn.Mo.Ni.O. The first-order valence-corrected chi connectivity index (χ1v) is 0.532. The van der Waals surface area contributed by atoms with E-state index in [4.69, 9.17) is 3.90 Å². The molecule has 0 rings (SSSR count). The van der Waals surface area contributed by atoms with Crippen molar-refractivity contribution in [3.8, 4) is 0 Å². The molecule has 0 bridgehead atoms. The minimum absolute atomic E-state index is 0. The van der Waals surface area contributed by atoms with Crippen molar-refractivity contribution >= 4 is 0 Å². The summed E-state index contributed by atoms with van der Waals surface area (Å²) in [4.78, 5) is 0. The van der Waals surface area contributed by atoms with Gasteiger partial charge >= 0.3 is 19.3 Å². The summed E-state index contributed by atoms with van der Waals surface area (Å²) in [5.41, 5.74) is 0. The zero-order chi connectivity index (χ0) is 2.00. The molecule has 0 N–H and O–H groups in total. The zero-order valence-corrected chi connectivity index (χ0v) is 5.69. The van der Waals surface area contributed by atoms with Crippen LogP contribution in [0.4, 0.5) is 0 Å². The van der Waals surface area contributed by atoms with E-state index in [-0.39, 0.29) is 38.1 Å². The molecule has 0 aliphatic rings. The summed E-state index contributed by atoms with van der Waals surface area (Å²) in [6.45, 7) is 0. The van der Waals surface area contributed by atoms with Gasteiger partial charge in [0.2, 0.25) is 0 Å². The van der Waals surface area contributed by atoms with E-state index >= 15 is 0 Å². The minimum atomic E-state index is 0. The van der Waals surface area contributed by atoms with E-state index in [1.165, 1.54) is 0 Å². The van der Waals surface area contributed by atoms with E-state index < -0.39 is 0 Å². The summed E-state index contributed by atoms with van der Waals surface area (Å²) in [7, 11) is 0. The van der Waals surface area contributed by atoms with Crippen molar-refractivity contribution in [1.29, 1.82) is 0 Å². The maximum atomic E-state index is 7.88. The Morgan fingerprint density at radius 3 is 1.25 bits per heavy atom. The topological polar surface area (TPSA) is 17.1 Å². The van der Waals surface area contributed by atoms with Gasteiger partial charge in [0.1, 0.15) is 0 Å². The molecule has 0 aromatic rings. The summed E-state index contributed by atoms with van der Waals surface area (Å²) in [6, 6.07) is 0. The molecule has 0 aromatic heterocycles. The molecular formula is MnMoNiO. The third kappa shape index (κ3) is 9.72. The van der Waals surface area contributed by atoms with Gasteiger partial charge in [0.25, 0.3) is 0 Å². The van der Waals surface area contributed by atoms with Crippen LogP contribution < -0.4 is 0 Å². The van der Waals surface area contributed by atoms with Gasteiger partial charge < -0.3 is 0 Å². The van der Waals surface area contributed by atoms with Crippen molar-refractivity contribution in [1.82, 2.24) is 0 Å². The molecule has 0 atom stereocenters. The molecule has 1 radical (unpaired) electrons. The zero-order valence-electron chi connectivity index (χ0n) is 1.51. The fourth-order valence-corrected chi connectivity index (χ4v) is 0. The Morgan fingerprint density at radius 1 is 1.25 bits per heavy atom. The van der Waals surface area contributed by atoms with Crippen LogP contribution in [0, 0.1) is 0 Å². The van der Waals surface area contributed by atoms with Gasteiger partial charge in [-0.25, -0.2) is 0 Å². The third-order valence-corrected chi connectivity index (χ3v) is 0. The Kier molecular flexibility index (Phi) is 109. The van der Waals surface area contributed by atoms with Crippen molar-refractivity contribution in [2.45, 2.75) is 0 Å². The molecule has 4 heteroatoms. The molecule has 0 heterocycles. The van der Waals surface area contributed by atoms with Crippen LogP contribution in [0.2, 0.25) is 0 Å². The van der Waals surface area contributed by atoms with Gasteiger partial charge in [-0.15, -0.1) is 0 Å². The van der Waals surface area contributed by atoms with E-state index in [0.29, 0.717) is 0 Å². The molecule has 4 heavy (non-hydrogen) atoms. The molecule has 0 aromatic carbocycles. The van der Waals surface area contributed by atoms with Crippen molar-refractivity contribution in [3.63, 3.8) is 0 Å². The van der Waals surface area contributed by atoms with Gasteiger partial charge in [0.15, 0.2) is 0 Å². The molecule has 0 amide bonds. The fraction of sp³-hybridized carbons (Fsp3) is 0. The van der Waals surface area contributed by atoms with E-state index in [1.54, 1.807) is 0 Å². The molecule has 0 unspecified atom stereocenters. The van der Waals surface area contributed by atoms with Gasteiger partial charge in [-0.2, -0.15) is 0 Å². The van der Waals surface area contributed by atoms with Gasteiger partial charge in [0, 0.05) is 38.1 Å². The second-order valence-electron chi connectivity index (χ2n) is 0. The number of hydrogen-bond donors (Lipinski definition) is 0. The quantitative estimate of drug-likeness (QED) is 0.525. The van der Waals surface area contributed by atoms with Crippen LogP contribution in [0.1, 0.15) is 0 Å². The van der Waals surface area contributed by atoms with Crippen molar-refractivity contribution in [3.05, 3.63) is 0 Å². The average molecular weight is 226 g/mol. The predicted octanol–water partition coefficient (Wildman–Crippen LogP) is -0.126. The SMILES string of the molecule is [Mn].[Mo].[O]=[Ni]. The third-order valence-electron chi connectivity index (χ3n) is 0. The van der Waals surface area contributed by atoms with Crippen LogP contribution in [0.15, 0.2) is 0 Å². The molecule has 1 nitrogen and oxygen atoms in total. The van der Waals surface area contributed by atoms with E-state index in [2.05, 4.69) is 15.4 Å². The van der Waals surface area contributed by atoms with Crippen LogP contribution in [-0.4, -0.2) is 0 Å². The molecule has 0 aliphatic heterocycles. The number of rotatable bonds is 0. The summed E-state index contributed by atoms with van der Waals surface area (Å²) in [5.74, 6) is 0. The molecule has 0 spiro atoms. The molecule has 0 aliphatic carbocycles. The first-order valence-electron chi connectivity index (χ1n) is 0.129. The van der Waals surface area contributed by atoms with Crippen LogP contribution in [0.3, 0.4) is 0 Å². The van der Waals surface area contributed by atoms with Crippen molar-refractivity contribution < 1.29 is 57.4 Å². The summed E-state index contributed by atoms with van der Waals surface area (Å²) in [5, 5.41) is 0. The monoisotopic (exact) mass is 227 g/mol. The Bertz CT molecular complexity index is 8.00. The second-order valence-corrected chi connectivity index (χ2v) is 0. The first-order chi connectivity index (χ1) is 1.00. The van der Waals surface area contributed by atoms with Crippen molar-refractivity contribution in [2.24, 2.45) is 0 Å². The summed E-state index contributed by atoms with van der Waals surface area (Å²) >= 11 is 2.62. The molecule has 0 fully saturated rings. The van der Waals surface area contributed by atoms with E-state index in [0.717, 1.165) is 0 Å². The van der Waals surface area contributed by atoms with Gasteiger partial charge in [0.05, 0.1) is 0 Å². The Hall–Kier alpha value is 1.50. The normalized spacial score (nSPS) is 1.50. The van der Waals surface area contributed by atoms with Crippen LogP contribution >= 0.6 is 0 Å². The molecule has 29 valence electrons. The van der Waals surface area contributed by atoms with E-state index in [9.17, 15) is 0 Å². The fourth-order valence-electron chi connectivity index (χ4n) is 0. The Morgan fingerprint density at radius 2 is 1.25 bits per heavy atom. The van der Waals surface area contributed by atoms with Crippen LogP contribution in [0.5, 0.6) is 0 Å².